The van der Waals surface area contributed by atoms with E-state index in [0.29, 0.717) is 37.7 Å². The molecular weight excluding hydrogens is 344 g/mol. The van der Waals surface area contributed by atoms with Gasteiger partial charge in [0.2, 0.25) is 5.88 Å². The van der Waals surface area contributed by atoms with E-state index in [1.807, 2.05) is 35.0 Å². The largest absolute Gasteiger partial charge is 0.496 e. The van der Waals surface area contributed by atoms with Crippen LogP contribution in [-0.2, 0) is 19.7 Å². The maximum atomic E-state index is 12.6. The molecule has 3 aromatic rings. The highest BCUT2D eigenvalue weighted by molar-refractivity contribution is 5.93. The first kappa shape index (κ1) is 17.1. The highest BCUT2D eigenvalue weighted by Gasteiger charge is 2.23. The van der Waals surface area contributed by atoms with Gasteiger partial charge in [-0.2, -0.15) is 0 Å². The first-order chi connectivity index (χ1) is 13.2. The van der Waals surface area contributed by atoms with E-state index in [1.54, 1.807) is 36.5 Å². The molecule has 138 valence electrons. The van der Waals surface area contributed by atoms with Crippen molar-refractivity contribution >= 4 is 5.91 Å². The van der Waals surface area contributed by atoms with Gasteiger partial charge in [0.1, 0.15) is 12.4 Å². The van der Waals surface area contributed by atoms with Crippen molar-refractivity contribution in [2.24, 2.45) is 0 Å². The van der Waals surface area contributed by atoms with Crippen LogP contribution in [0, 0.1) is 0 Å². The Morgan fingerprint density at radius 3 is 2.89 bits per heavy atom. The highest BCUT2D eigenvalue weighted by Crippen LogP contribution is 2.22. The fraction of sp³-hybridized carbons (Fsp3) is 0.250. The number of carbonyl (C=O) groups is 1. The van der Waals surface area contributed by atoms with Crippen molar-refractivity contribution in [2.45, 2.75) is 19.7 Å². The van der Waals surface area contributed by atoms with Crippen molar-refractivity contribution in [1.82, 2.24) is 19.7 Å². The molecule has 1 aliphatic heterocycles. The molecule has 0 radical (unpaired) electrons. The van der Waals surface area contributed by atoms with Crippen LogP contribution in [0.1, 0.15) is 21.6 Å². The standard InChI is InChI=1S/C20H20N4O3/c1-26-18-7-3-2-5-16(18)14-27-19-11-17-13-23(9-10-24(17)22-19)20(25)15-6-4-8-21-12-15/h2-8,11-12H,9-10,13-14H2,1H3. The minimum Gasteiger partial charge on any atom is -0.496 e. The summed E-state index contributed by atoms with van der Waals surface area (Å²) in [6, 6.07) is 13.2. The Hall–Kier alpha value is -3.35. The summed E-state index contributed by atoms with van der Waals surface area (Å²) in [6.45, 7) is 2.12. The molecule has 4 rings (SSSR count). The van der Waals surface area contributed by atoms with Crippen molar-refractivity contribution in [3.05, 3.63) is 71.7 Å². The lowest BCUT2D eigenvalue weighted by molar-refractivity contribution is 0.0705. The van der Waals surface area contributed by atoms with Gasteiger partial charge in [-0.15, -0.1) is 5.10 Å². The van der Waals surface area contributed by atoms with Crippen LogP contribution in [0.25, 0.3) is 0 Å². The normalized spacial score (nSPS) is 13.1. The number of rotatable bonds is 5. The van der Waals surface area contributed by atoms with Gasteiger partial charge in [-0.25, -0.2) is 0 Å². The monoisotopic (exact) mass is 364 g/mol. The van der Waals surface area contributed by atoms with Gasteiger partial charge in [-0.1, -0.05) is 18.2 Å². The van der Waals surface area contributed by atoms with Gasteiger partial charge in [0.25, 0.3) is 5.91 Å². The van der Waals surface area contributed by atoms with Gasteiger partial charge in [0, 0.05) is 30.6 Å². The van der Waals surface area contributed by atoms with E-state index < -0.39 is 0 Å². The zero-order valence-corrected chi connectivity index (χ0v) is 15.0. The molecule has 0 aliphatic carbocycles. The van der Waals surface area contributed by atoms with Gasteiger partial charge in [0.05, 0.1) is 31.5 Å². The van der Waals surface area contributed by atoms with E-state index >= 15 is 0 Å². The van der Waals surface area contributed by atoms with E-state index in [-0.39, 0.29) is 5.91 Å². The van der Waals surface area contributed by atoms with Crippen LogP contribution >= 0.6 is 0 Å². The maximum absolute atomic E-state index is 12.6. The second-order valence-electron chi connectivity index (χ2n) is 6.27. The van der Waals surface area contributed by atoms with E-state index in [4.69, 9.17) is 9.47 Å². The van der Waals surface area contributed by atoms with E-state index in [9.17, 15) is 4.79 Å². The smallest absolute Gasteiger partial charge is 0.255 e. The Balaban J connectivity index is 1.44. The summed E-state index contributed by atoms with van der Waals surface area (Å²) in [5.41, 5.74) is 2.51. The lowest BCUT2D eigenvalue weighted by atomic mass is 10.2. The van der Waals surface area contributed by atoms with Gasteiger partial charge in [-0.3, -0.25) is 14.5 Å². The Labute approximate surface area is 157 Å². The highest BCUT2D eigenvalue weighted by atomic mass is 16.5. The molecule has 7 nitrogen and oxygen atoms in total. The fourth-order valence-corrected chi connectivity index (χ4v) is 3.13. The topological polar surface area (TPSA) is 69.5 Å². The molecule has 0 N–H and O–H groups in total. The number of benzene rings is 1. The van der Waals surface area contributed by atoms with Crippen LogP contribution < -0.4 is 9.47 Å². The lowest BCUT2D eigenvalue weighted by Gasteiger charge is -2.27. The fourth-order valence-electron chi connectivity index (χ4n) is 3.13. The molecule has 1 aromatic carbocycles. The Kier molecular flexibility index (Phi) is 4.74. The SMILES string of the molecule is COc1ccccc1COc1cc2n(n1)CCN(C(=O)c1cccnc1)C2. The quantitative estimate of drug-likeness (QED) is 0.696. The summed E-state index contributed by atoms with van der Waals surface area (Å²) < 4.78 is 13.1. The first-order valence-electron chi connectivity index (χ1n) is 8.75. The number of ether oxygens (including phenoxy) is 2. The minimum absolute atomic E-state index is 0.0213. The number of methoxy groups -OCH3 is 1. The van der Waals surface area contributed by atoms with Crippen LogP contribution in [0.3, 0.4) is 0 Å². The molecule has 0 spiro atoms. The van der Waals surface area contributed by atoms with Crippen LogP contribution in [-0.4, -0.2) is 39.2 Å². The summed E-state index contributed by atoms with van der Waals surface area (Å²) in [5, 5.41) is 4.49. The third-order valence-corrected chi connectivity index (χ3v) is 4.54. The van der Waals surface area contributed by atoms with E-state index in [1.165, 1.54) is 0 Å². The maximum Gasteiger partial charge on any atom is 0.255 e. The summed E-state index contributed by atoms with van der Waals surface area (Å²) in [5.74, 6) is 1.31. The molecule has 3 heterocycles. The van der Waals surface area contributed by atoms with E-state index in [2.05, 4.69) is 10.1 Å². The molecule has 1 amide bonds. The molecule has 7 heteroatoms. The third-order valence-electron chi connectivity index (χ3n) is 4.54. The number of amides is 1. The van der Waals surface area contributed by atoms with Crippen molar-refractivity contribution in [3.63, 3.8) is 0 Å². The Bertz CT molecular complexity index is 939. The molecule has 0 saturated heterocycles. The number of hydrogen-bond donors (Lipinski definition) is 0. The molecule has 0 unspecified atom stereocenters. The molecule has 1 aliphatic rings. The number of aromatic nitrogens is 3. The van der Waals surface area contributed by atoms with Crippen molar-refractivity contribution in [2.75, 3.05) is 13.7 Å². The number of pyridine rings is 1. The second-order valence-corrected chi connectivity index (χ2v) is 6.27. The van der Waals surface area contributed by atoms with Crippen LogP contribution in [0.4, 0.5) is 0 Å². The molecule has 0 atom stereocenters. The molecule has 0 saturated carbocycles. The minimum atomic E-state index is -0.0213. The average Bonchev–Trinajstić information content (AvgIpc) is 3.14. The molecular formula is C20H20N4O3. The molecule has 0 fully saturated rings. The van der Waals surface area contributed by atoms with Gasteiger partial charge in [-0.05, 0) is 18.2 Å². The van der Waals surface area contributed by atoms with Crippen LogP contribution in [0.5, 0.6) is 11.6 Å². The number of hydrogen-bond acceptors (Lipinski definition) is 5. The van der Waals surface area contributed by atoms with E-state index in [0.717, 1.165) is 17.0 Å². The zero-order valence-electron chi connectivity index (χ0n) is 15.0. The van der Waals surface area contributed by atoms with Gasteiger partial charge >= 0.3 is 0 Å². The van der Waals surface area contributed by atoms with Gasteiger partial charge < -0.3 is 14.4 Å². The predicted octanol–water partition coefficient (Wildman–Crippen LogP) is 2.52. The predicted molar refractivity (Wildman–Crippen MR) is 98.5 cm³/mol. The third kappa shape index (κ3) is 3.62. The molecule has 0 bridgehead atoms. The zero-order chi connectivity index (χ0) is 18.6. The van der Waals surface area contributed by atoms with Crippen molar-refractivity contribution in [3.8, 4) is 11.6 Å². The number of fused-ring (bicyclic) bond motifs is 1. The van der Waals surface area contributed by atoms with Crippen LogP contribution in [0.15, 0.2) is 54.9 Å². The second kappa shape index (κ2) is 7.49. The summed E-state index contributed by atoms with van der Waals surface area (Å²) in [6.07, 6.45) is 3.25. The van der Waals surface area contributed by atoms with Crippen molar-refractivity contribution < 1.29 is 14.3 Å². The Morgan fingerprint density at radius 2 is 2.07 bits per heavy atom. The lowest BCUT2D eigenvalue weighted by Crippen LogP contribution is -2.38. The summed E-state index contributed by atoms with van der Waals surface area (Å²) >= 11 is 0. The Morgan fingerprint density at radius 1 is 1.19 bits per heavy atom. The van der Waals surface area contributed by atoms with Crippen LogP contribution in [0.2, 0.25) is 0 Å². The molecule has 27 heavy (non-hydrogen) atoms. The van der Waals surface area contributed by atoms with Crippen molar-refractivity contribution in [1.29, 1.82) is 0 Å². The van der Waals surface area contributed by atoms with Gasteiger partial charge in [0.15, 0.2) is 0 Å². The number of carbonyl (C=O) groups excluding carboxylic acids is 1. The summed E-state index contributed by atoms with van der Waals surface area (Å²) in [7, 11) is 1.64. The average molecular weight is 364 g/mol. The number of para-hydroxylation sites is 1. The number of nitrogens with zero attached hydrogens (tertiary/aromatic N) is 4. The molecule has 2 aromatic heterocycles. The first-order valence-corrected chi connectivity index (χ1v) is 8.75. The summed E-state index contributed by atoms with van der Waals surface area (Å²) in [4.78, 5) is 18.4.